The molecule has 1 aliphatic rings. The fraction of sp³-hybridized carbons (Fsp3) is 0.500. The Labute approximate surface area is 106 Å². The number of anilines is 2. The van der Waals surface area contributed by atoms with E-state index in [0.717, 1.165) is 31.6 Å². The Hall–Kier alpha value is -1.82. The Morgan fingerprint density at radius 1 is 1.50 bits per heavy atom. The zero-order chi connectivity index (χ0) is 13.0. The van der Waals surface area contributed by atoms with Gasteiger partial charge in [-0.25, -0.2) is 4.98 Å². The van der Waals surface area contributed by atoms with E-state index >= 15 is 0 Å². The summed E-state index contributed by atoms with van der Waals surface area (Å²) in [5.74, 6) is 0.259. The molecule has 1 aliphatic heterocycles. The number of rotatable bonds is 4. The number of carbonyl (C=O) groups excluding carboxylic acids is 1. The number of carbonyl (C=O) groups is 1. The summed E-state index contributed by atoms with van der Waals surface area (Å²) < 4.78 is 0. The summed E-state index contributed by atoms with van der Waals surface area (Å²) >= 11 is 0. The maximum absolute atomic E-state index is 10.8. The number of nitrogens with one attached hydrogen (secondary N) is 1. The molecule has 0 atom stereocenters. The van der Waals surface area contributed by atoms with Crippen LogP contribution in [0.3, 0.4) is 0 Å². The summed E-state index contributed by atoms with van der Waals surface area (Å²) in [4.78, 5) is 16.9. The van der Waals surface area contributed by atoms with Gasteiger partial charge in [-0.15, -0.1) is 0 Å². The number of nitrogens with two attached hydrogens (primary N) is 2. The van der Waals surface area contributed by atoms with E-state index < -0.39 is 0 Å². The first-order chi connectivity index (χ1) is 8.63. The van der Waals surface area contributed by atoms with Crippen molar-refractivity contribution in [1.29, 1.82) is 0 Å². The highest BCUT2D eigenvalue weighted by Gasteiger charge is 2.19. The van der Waals surface area contributed by atoms with Gasteiger partial charge in [-0.2, -0.15) is 0 Å². The van der Waals surface area contributed by atoms with Crippen molar-refractivity contribution in [3.63, 3.8) is 0 Å². The number of piperidine rings is 1. The quantitative estimate of drug-likeness (QED) is 0.699. The van der Waals surface area contributed by atoms with Crippen molar-refractivity contribution in [2.75, 3.05) is 30.7 Å². The maximum Gasteiger partial charge on any atom is 0.231 e. The second kappa shape index (κ2) is 5.68. The third-order valence-electron chi connectivity index (χ3n) is 3.12. The number of nitrogen functional groups attached to an aromatic ring is 1. The average Bonchev–Trinajstić information content (AvgIpc) is 2.31. The predicted octanol–water partition coefficient (Wildman–Crippen LogP) is 0.0254. The SMILES string of the molecule is NC(=O)CN1CCC(Nc2ccnc(N)c2)CC1. The molecule has 2 heterocycles. The van der Waals surface area contributed by atoms with Gasteiger partial charge in [0.1, 0.15) is 5.82 Å². The number of nitrogens with zero attached hydrogens (tertiary/aromatic N) is 2. The van der Waals surface area contributed by atoms with Gasteiger partial charge >= 0.3 is 0 Å². The molecular formula is C12H19N5O. The average molecular weight is 249 g/mol. The largest absolute Gasteiger partial charge is 0.384 e. The van der Waals surface area contributed by atoms with Gasteiger partial charge in [0.2, 0.25) is 5.91 Å². The molecule has 98 valence electrons. The van der Waals surface area contributed by atoms with Gasteiger partial charge in [0.25, 0.3) is 0 Å². The van der Waals surface area contributed by atoms with E-state index in [4.69, 9.17) is 11.5 Å². The molecule has 5 N–H and O–H groups in total. The minimum Gasteiger partial charge on any atom is -0.384 e. The van der Waals surface area contributed by atoms with Crippen molar-refractivity contribution in [2.45, 2.75) is 18.9 Å². The maximum atomic E-state index is 10.8. The van der Waals surface area contributed by atoms with E-state index in [2.05, 4.69) is 15.2 Å². The molecule has 18 heavy (non-hydrogen) atoms. The third kappa shape index (κ3) is 3.59. The van der Waals surface area contributed by atoms with Crippen molar-refractivity contribution in [1.82, 2.24) is 9.88 Å². The van der Waals surface area contributed by atoms with Crippen LogP contribution in [0.1, 0.15) is 12.8 Å². The molecular weight excluding hydrogens is 230 g/mol. The topological polar surface area (TPSA) is 97.3 Å². The lowest BCUT2D eigenvalue weighted by atomic mass is 10.0. The van der Waals surface area contributed by atoms with Crippen LogP contribution in [0.4, 0.5) is 11.5 Å². The van der Waals surface area contributed by atoms with Gasteiger partial charge in [0, 0.05) is 37.1 Å². The van der Waals surface area contributed by atoms with Crippen molar-refractivity contribution < 1.29 is 4.79 Å². The minimum atomic E-state index is -0.261. The van der Waals surface area contributed by atoms with Crippen LogP contribution in [-0.2, 0) is 4.79 Å². The molecule has 2 rings (SSSR count). The minimum absolute atomic E-state index is 0.261. The second-order valence-corrected chi connectivity index (χ2v) is 4.63. The monoisotopic (exact) mass is 249 g/mol. The van der Waals surface area contributed by atoms with Gasteiger partial charge in [-0.05, 0) is 18.9 Å². The molecule has 1 saturated heterocycles. The Balaban J connectivity index is 1.81. The Kier molecular flexibility index (Phi) is 3.99. The smallest absolute Gasteiger partial charge is 0.231 e. The van der Waals surface area contributed by atoms with Crippen LogP contribution in [0.2, 0.25) is 0 Å². The Morgan fingerprint density at radius 2 is 2.22 bits per heavy atom. The standard InChI is InChI=1S/C12H19N5O/c13-11-7-10(1-4-15-11)16-9-2-5-17(6-3-9)8-12(14)18/h1,4,7,9H,2-3,5-6,8H2,(H2,14,18)(H3,13,15,16). The lowest BCUT2D eigenvalue weighted by Gasteiger charge is -2.32. The van der Waals surface area contributed by atoms with Crippen molar-refractivity contribution in [2.24, 2.45) is 5.73 Å². The van der Waals surface area contributed by atoms with Gasteiger partial charge in [0.15, 0.2) is 0 Å². The molecule has 0 saturated carbocycles. The van der Waals surface area contributed by atoms with E-state index in [1.165, 1.54) is 0 Å². The van der Waals surface area contributed by atoms with Crippen LogP contribution in [-0.4, -0.2) is 41.5 Å². The number of likely N-dealkylation sites (tertiary alicyclic amines) is 1. The molecule has 6 heteroatoms. The van der Waals surface area contributed by atoms with Crippen molar-refractivity contribution >= 4 is 17.4 Å². The molecule has 0 aliphatic carbocycles. The number of aromatic nitrogens is 1. The first kappa shape index (κ1) is 12.6. The van der Waals surface area contributed by atoms with Gasteiger partial charge in [0.05, 0.1) is 6.54 Å². The van der Waals surface area contributed by atoms with Gasteiger partial charge in [-0.3, -0.25) is 9.69 Å². The van der Waals surface area contributed by atoms with Crippen LogP contribution in [0, 0.1) is 0 Å². The van der Waals surface area contributed by atoms with Crippen molar-refractivity contribution in [3.8, 4) is 0 Å². The lowest BCUT2D eigenvalue weighted by Crippen LogP contribution is -2.42. The molecule has 1 aromatic rings. The predicted molar refractivity (Wildman–Crippen MR) is 70.9 cm³/mol. The Morgan fingerprint density at radius 3 is 2.83 bits per heavy atom. The number of primary amides is 1. The summed E-state index contributed by atoms with van der Waals surface area (Å²) in [6.07, 6.45) is 3.69. The highest BCUT2D eigenvalue weighted by Crippen LogP contribution is 2.17. The lowest BCUT2D eigenvalue weighted by molar-refractivity contribution is -0.119. The highest BCUT2D eigenvalue weighted by molar-refractivity contribution is 5.75. The normalized spacial score (nSPS) is 17.6. The summed E-state index contributed by atoms with van der Waals surface area (Å²) in [6.45, 7) is 2.14. The fourth-order valence-corrected chi connectivity index (χ4v) is 2.23. The second-order valence-electron chi connectivity index (χ2n) is 4.63. The van der Waals surface area contributed by atoms with E-state index in [1.807, 2.05) is 12.1 Å². The zero-order valence-corrected chi connectivity index (χ0v) is 10.3. The van der Waals surface area contributed by atoms with Crippen LogP contribution in [0.5, 0.6) is 0 Å². The highest BCUT2D eigenvalue weighted by atomic mass is 16.1. The molecule has 6 nitrogen and oxygen atoms in total. The first-order valence-corrected chi connectivity index (χ1v) is 6.12. The van der Waals surface area contributed by atoms with Gasteiger partial charge in [-0.1, -0.05) is 0 Å². The van der Waals surface area contributed by atoms with E-state index in [-0.39, 0.29) is 5.91 Å². The molecule has 1 aromatic heterocycles. The molecule has 1 amide bonds. The summed E-state index contributed by atoms with van der Waals surface area (Å²) in [5.41, 5.74) is 11.8. The number of hydrogen-bond acceptors (Lipinski definition) is 5. The van der Waals surface area contributed by atoms with E-state index in [9.17, 15) is 4.79 Å². The number of hydrogen-bond donors (Lipinski definition) is 3. The number of amides is 1. The summed E-state index contributed by atoms with van der Waals surface area (Å²) in [5, 5.41) is 3.43. The van der Waals surface area contributed by atoms with Crippen LogP contribution in [0.15, 0.2) is 18.3 Å². The molecule has 0 aromatic carbocycles. The molecule has 0 unspecified atom stereocenters. The summed E-state index contributed by atoms with van der Waals surface area (Å²) in [6, 6.07) is 4.15. The first-order valence-electron chi connectivity index (χ1n) is 6.12. The van der Waals surface area contributed by atoms with Crippen molar-refractivity contribution in [3.05, 3.63) is 18.3 Å². The Bertz CT molecular complexity index is 415. The summed E-state index contributed by atoms with van der Waals surface area (Å²) in [7, 11) is 0. The van der Waals surface area contributed by atoms with Crippen LogP contribution >= 0.6 is 0 Å². The zero-order valence-electron chi connectivity index (χ0n) is 10.3. The molecule has 0 spiro atoms. The molecule has 0 radical (unpaired) electrons. The molecule has 1 fully saturated rings. The van der Waals surface area contributed by atoms with E-state index in [0.29, 0.717) is 18.4 Å². The van der Waals surface area contributed by atoms with E-state index in [1.54, 1.807) is 6.20 Å². The van der Waals surface area contributed by atoms with Crippen LogP contribution in [0.25, 0.3) is 0 Å². The number of pyridine rings is 1. The molecule has 0 bridgehead atoms. The van der Waals surface area contributed by atoms with Gasteiger partial charge < -0.3 is 16.8 Å². The fourth-order valence-electron chi connectivity index (χ4n) is 2.23. The third-order valence-corrected chi connectivity index (χ3v) is 3.12. The van der Waals surface area contributed by atoms with Crippen LogP contribution < -0.4 is 16.8 Å².